The summed E-state index contributed by atoms with van der Waals surface area (Å²) in [7, 11) is 0. The maximum atomic E-state index is 13.5. The summed E-state index contributed by atoms with van der Waals surface area (Å²) in [6, 6.07) is 17.4. The Kier molecular flexibility index (Phi) is 4.62. The number of aryl methyl sites for hydroxylation is 1. The summed E-state index contributed by atoms with van der Waals surface area (Å²) >= 11 is 0. The van der Waals surface area contributed by atoms with Gasteiger partial charge in [0, 0.05) is 24.5 Å². The van der Waals surface area contributed by atoms with E-state index >= 15 is 0 Å². The molecule has 1 aliphatic rings. The molecule has 33 heavy (non-hydrogen) atoms. The van der Waals surface area contributed by atoms with Crippen molar-refractivity contribution in [1.29, 1.82) is 0 Å². The van der Waals surface area contributed by atoms with E-state index < -0.39 is 0 Å². The Balaban J connectivity index is 1.52. The monoisotopic (exact) mass is 440 g/mol. The van der Waals surface area contributed by atoms with Gasteiger partial charge in [-0.15, -0.1) is 0 Å². The van der Waals surface area contributed by atoms with Crippen molar-refractivity contribution < 1.29 is 5.11 Å². The maximum Gasteiger partial charge on any atom is 0.262 e. The molecular weight excluding hydrogens is 416 g/mol. The number of hydrogen-bond acceptors (Lipinski definition) is 6. The number of hydrogen-bond donors (Lipinski definition) is 1. The molecule has 0 spiro atoms. The maximum absolute atomic E-state index is 13.5. The molecule has 1 N–H and O–H groups in total. The molecule has 0 atom stereocenters. The Morgan fingerprint density at radius 1 is 1.00 bits per heavy atom. The molecular formula is C25H24N6O2. The normalized spacial score (nSPS) is 15.2. The Bertz CT molecular complexity index is 1560. The lowest BCUT2D eigenvalue weighted by atomic mass is 10.1. The fourth-order valence-electron chi connectivity index (χ4n) is 4.73. The van der Waals surface area contributed by atoms with Crippen molar-refractivity contribution >= 4 is 33.3 Å². The highest BCUT2D eigenvalue weighted by Crippen LogP contribution is 2.27. The summed E-state index contributed by atoms with van der Waals surface area (Å²) in [5.74, 6) is 1.44. The van der Waals surface area contributed by atoms with Crippen LogP contribution in [0.4, 0.5) is 5.82 Å². The number of benzene rings is 2. The Labute approximate surface area is 189 Å². The Morgan fingerprint density at radius 2 is 1.73 bits per heavy atom. The number of fused-ring (bicyclic) bond motifs is 4. The van der Waals surface area contributed by atoms with Crippen molar-refractivity contribution in [2.75, 3.05) is 18.0 Å². The summed E-state index contributed by atoms with van der Waals surface area (Å²) in [4.78, 5) is 25.4. The first-order chi connectivity index (χ1) is 16.1. The van der Waals surface area contributed by atoms with Gasteiger partial charge in [0.15, 0.2) is 5.82 Å². The first kappa shape index (κ1) is 19.9. The van der Waals surface area contributed by atoms with E-state index in [-0.39, 0.29) is 18.2 Å². The molecule has 8 heteroatoms. The number of piperidine rings is 1. The van der Waals surface area contributed by atoms with Gasteiger partial charge in [-0.25, -0.2) is 14.5 Å². The van der Waals surface area contributed by atoms with Crippen molar-refractivity contribution in [2.24, 2.45) is 0 Å². The van der Waals surface area contributed by atoms with E-state index in [1.54, 1.807) is 4.57 Å². The highest BCUT2D eigenvalue weighted by atomic mass is 16.3. The summed E-state index contributed by atoms with van der Waals surface area (Å²) in [5, 5.41) is 16.2. The molecule has 3 aromatic heterocycles. The van der Waals surface area contributed by atoms with Crippen LogP contribution in [0.2, 0.25) is 0 Å². The second-order valence-corrected chi connectivity index (χ2v) is 8.66. The number of rotatable bonds is 3. The van der Waals surface area contributed by atoms with Crippen molar-refractivity contribution in [3.8, 4) is 0 Å². The Morgan fingerprint density at radius 3 is 2.55 bits per heavy atom. The zero-order valence-electron chi connectivity index (χ0n) is 18.3. The molecule has 166 valence electrons. The van der Waals surface area contributed by atoms with Crippen LogP contribution in [0.25, 0.3) is 27.5 Å². The predicted molar refractivity (Wildman–Crippen MR) is 128 cm³/mol. The van der Waals surface area contributed by atoms with Crippen molar-refractivity contribution in [3.05, 3.63) is 76.5 Å². The summed E-state index contributed by atoms with van der Waals surface area (Å²) in [6.45, 7) is 3.64. The van der Waals surface area contributed by atoms with Gasteiger partial charge in [0.05, 0.1) is 34.8 Å². The highest BCUT2D eigenvalue weighted by molar-refractivity contribution is 5.89. The van der Waals surface area contributed by atoms with Crippen LogP contribution in [-0.4, -0.2) is 48.4 Å². The van der Waals surface area contributed by atoms with Gasteiger partial charge in [0.1, 0.15) is 11.5 Å². The van der Waals surface area contributed by atoms with Gasteiger partial charge in [-0.2, -0.15) is 5.10 Å². The van der Waals surface area contributed by atoms with Gasteiger partial charge in [-0.05, 0) is 44.0 Å². The fraction of sp³-hybridized carbons (Fsp3) is 0.280. The van der Waals surface area contributed by atoms with Crippen LogP contribution >= 0.6 is 0 Å². The lowest BCUT2D eigenvalue weighted by Gasteiger charge is -2.31. The third kappa shape index (κ3) is 3.34. The molecule has 6 rings (SSSR count). The lowest BCUT2D eigenvalue weighted by molar-refractivity contribution is 0.145. The molecule has 1 fully saturated rings. The molecule has 8 nitrogen and oxygen atoms in total. The van der Waals surface area contributed by atoms with Crippen LogP contribution in [0.15, 0.2) is 59.4 Å². The topological polar surface area (TPSA) is 88.5 Å². The fourth-order valence-corrected chi connectivity index (χ4v) is 4.73. The van der Waals surface area contributed by atoms with Crippen molar-refractivity contribution in [1.82, 2.24) is 24.1 Å². The van der Waals surface area contributed by atoms with E-state index in [9.17, 15) is 9.90 Å². The number of aliphatic hydroxyl groups is 1. The third-order valence-electron chi connectivity index (χ3n) is 6.39. The number of nitrogens with zero attached hydrogens (tertiary/aromatic N) is 6. The van der Waals surface area contributed by atoms with Gasteiger partial charge in [-0.3, -0.25) is 9.36 Å². The molecule has 0 radical (unpaired) electrons. The van der Waals surface area contributed by atoms with Gasteiger partial charge in [0.25, 0.3) is 5.56 Å². The van der Waals surface area contributed by atoms with Crippen molar-refractivity contribution in [2.45, 2.75) is 32.4 Å². The highest BCUT2D eigenvalue weighted by Gasteiger charge is 2.22. The first-order valence-corrected chi connectivity index (χ1v) is 11.2. The Hall–Kier alpha value is -3.78. The molecule has 4 heterocycles. The zero-order valence-corrected chi connectivity index (χ0v) is 18.3. The second kappa shape index (κ2) is 7.67. The van der Waals surface area contributed by atoms with E-state index in [0.717, 1.165) is 46.7 Å². The van der Waals surface area contributed by atoms with Crippen LogP contribution in [0.3, 0.4) is 0 Å². The molecule has 5 aromatic rings. The van der Waals surface area contributed by atoms with Crippen LogP contribution in [0.5, 0.6) is 0 Å². The molecule has 1 saturated heterocycles. The third-order valence-corrected chi connectivity index (χ3v) is 6.39. The molecule has 0 aliphatic carbocycles. The molecule has 1 aliphatic heterocycles. The molecule has 0 saturated carbocycles. The minimum atomic E-state index is -0.261. The smallest absolute Gasteiger partial charge is 0.262 e. The van der Waals surface area contributed by atoms with E-state index in [2.05, 4.69) is 10.00 Å². The zero-order chi connectivity index (χ0) is 22.5. The lowest BCUT2D eigenvalue weighted by Crippen LogP contribution is -2.36. The van der Waals surface area contributed by atoms with Crippen LogP contribution < -0.4 is 10.5 Å². The van der Waals surface area contributed by atoms with Crippen LogP contribution in [0.1, 0.15) is 24.4 Å². The summed E-state index contributed by atoms with van der Waals surface area (Å²) < 4.78 is 3.52. The second-order valence-electron chi connectivity index (χ2n) is 8.66. The average molecular weight is 441 g/mol. The van der Waals surface area contributed by atoms with E-state index in [0.29, 0.717) is 24.1 Å². The van der Waals surface area contributed by atoms with E-state index in [4.69, 9.17) is 9.97 Å². The van der Waals surface area contributed by atoms with Gasteiger partial charge >= 0.3 is 0 Å². The minimum absolute atomic E-state index is 0.0857. The number of aromatic nitrogens is 5. The van der Waals surface area contributed by atoms with Gasteiger partial charge in [0.2, 0.25) is 0 Å². The van der Waals surface area contributed by atoms with E-state index in [1.807, 2.05) is 66.0 Å². The van der Waals surface area contributed by atoms with Gasteiger partial charge < -0.3 is 10.0 Å². The van der Waals surface area contributed by atoms with Gasteiger partial charge in [-0.1, -0.05) is 24.3 Å². The number of anilines is 1. The molecule has 0 bridgehead atoms. The van der Waals surface area contributed by atoms with Crippen LogP contribution in [0, 0.1) is 6.92 Å². The first-order valence-electron chi connectivity index (χ1n) is 11.2. The largest absolute Gasteiger partial charge is 0.393 e. The molecule has 0 amide bonds. The number of aliphatic hydroxyl groups excluding tert-OH is 1. The molecule has 2 aromatic carbocycles. The quantitative estimate of drug-likeness (QED) is 0.464. The summed E-state index contributed by atoms with van der Waals surface area (Å²) in [6.07, 6.45) is 1.17. The summed E-state index contributed by atoms with van der Waals surface area (Å²) in [5.41, 5.74) is 3.10. The van der Waals surface area contributed by atoms with Crippen LogP contribution in [-0.2, 0) is 6.54 Å². The SMILES string of the molecule is Cc1cc2n(Cc3nc(N4CCC(O)CC4)c4ccccc4n3)c(=O)c3ccccc3n2n1. The molecule has 0 unspecified atom stereocenters. The standard InChI is InChI=1S/C25H24N6O2/c1-16-14-23-30(25(33)19-7-3-5-9-21(19)31(23)28-16)15-22-26-20-8-4-2-6-18(20)24(27-22)29-12-10-17(32)11-13-29/h2-9,14,17,32H,10-13,15H2,1H3. The predicted octanol–water partition coefficient (Wildman–Crippen LogP) is 2.91. The average Bonchev–Trinajstić information content (AvgIpc) is 3.23. The minimum Gasteiger partial charge on any atom is -0.393 e. The van der Waals surface area contributed by atoms with Crippen molar-refractivity contribution in [3.63, 3.8) is 0 Å². The van der Waals surface area contributed by atoms with E-state index in [1.165, 1.54) is 0 Å². The number of para-hydroxylation sites is 2.